The number of rotatable bonds is 2. The predicted octanol–water partition coefficient (Wildman–Crippen LogP) is 2.28. The second kappa shape index (κ2) is 3.86. The molecule has 1 atom stereocenters. The first-order chi connectivity index (χ1) is 7.19. The van der Waals surface area contributed by atoms with Gasteiger partial charge in [-0.05, 0) is 42.5 Å². The summed E-state index contributed by atoms with van der Waals surface area (Å²) >= 11 is 0. The highest BCUT2D eigenvalue weighted by Crippen LogP contribution is 2.38. The number of benzene rings is 1. The van der Waals surface area contributed by atoms with Crippen molar-refractivity contribution in [2.75, 3.05) is 13.7 Å². The van der Waals surface area contributed by atoms with E-state index in [2.05, 4.69) is 19.1 Å². The molecular formula is C13H18O2. The van der Waals surface area contributed by atoms with E-state index in [1.165, 1.54) is 11.1 Å². The molecule has 1 aliphatic rings. The van der Waals surface area contributed by atoms with Crippen LogP contribution in [-0.4, -0.2) is 18.8 Å². The maximum absolute atomic E-state index is 9.52. The van der Waals surface area contributed by atoms with Crippen LogP contribution in [0.2, 0.25) is 0 Å². The molecule has 0 fully saturated rings. The molecule has 0 bridgehead atoms. The fourth-order valence-corrected chi connectivity index (χ4v) is 2.43. The average molecular weight is 206 g/mol. The number of aliphatic hydroxyl groups excluding tert-OH is 1. The summed E-state index contributed by atoms with van der Waals surface area (Å²) in [4.78, 5) is 0. The van der Waals surface area contributed by atoms with Crippen LogP contribution in [0.3, 0.4) is 0 Å². The van der Waals surface area contributed by atoms with Gasteiger partial charge in [-0.2, -0.15) is 0 Å². The first-order valence-electron chi connectivity index (χ1n) is 5.48. The Morgan fingerprint density at radius 2 is 2.27 bits per heavy atom. The van der Waals surface area contributed by atoms with Gasteiger partial charge >= 0.3 is 0 Å². The van der Waals surface area contributed by atoms with Crippen LogP contribution < -0.4 is 4.74 Å². The lowest BCUT2D eigenvalue weighted by Gasteiger charge is -2.34. The Labute approximate surface area is 90.9 Å². The summed E-state index contributed by atoms with van der Waals surface area (Å²) in [5, 5.41) is 9.52. The SMILES string of the molecule is COc1ccc2c(c1)[C@@](C)(CO)CCC2. The van der Waals surface area contributed by atoms with Crippen molar-refractivity contribution in [3.8, 4) is 5.75 Å². The Kier molecular flexibility index (Phi) is 2.70. The molecule has 1 aromatic rings. The number of ether oxygens (including phenoxy) is 1. The minimum Gasteiger partial charge on any atom is -0.497 e. The van der Waals surface area contributed by atoms with Gasteiger partial charge in [-0.15, -0.1) is 0 Å². The molecule has 0 saturated carbocycles. The Balaban J connectivity index is 2.48. The van der Waals surface area contributed by atoms with Gasteiger partial charge in [0.1, 0.15) is 5.75 Å². The van der Waals surface area contributed by atoms with Crippen molar-refractivity contribution >= 4 is 0 Å². The molecule has 2 nitrogen and oxygen atoms in total. The lowest BCUT2D eigenvalue weighted by molar-refractivity contribution is 0.188. The number of hydrogen-bond donors (Lipinski definition) is 1. The minimum atomic E-state index is -0.0812. The Morgan fingerprint density at radius 1 is 1.47 bits per heavy atom. The van der Waals surface area contributed by atoms with Gasteiger partial charge in [0.15, 0.2) is 0 Å². The molecule has 1 aromatic carbocycles. The van der Waals surface area contributed by atoms with E-state index >= 15 is 0 Å². The average Bonchev–Trinajstić information content (AvgIpc) is 2.29. The van der Waals surface area contributed by atoms with Gasteiger partial charge in [0.2, 0.25) is 0 Å². The molecule has 0 spiro atoms. The predicted molar refractivity (Wildman–Crippen MR) is 60.4 cm³/mol. The van der Waals surface area contributed by atoms with Gasteiger partial charge < -0.3 is 9.84 Å². The smallest absolute Gasteiger partial charge is 0.119 e. The van der Waals surface area contributed by atoms with Crippen molar-refractivity contribution in [3.63, 3.8) is 0 Å². The maximum atomic E-state index is 9.52. The standard InChI is InChI=1S/C13H18O2/c1-13(9-14)7-3-4-10-5-6-11(15-2)8-12(10)13/h5-6,8,14H,3-4,7,9H2,1-2H3/t13-/m1/s1. The Morgan fingerprint density at radius 3 is 2.93 bits per heavy atom. The monoisotopic (exact) mass is 206 g/mol. The van der Waals surface area contributed by atoms with E-state index in [4.69, 9.17) is 4.74 Å². The molecule has 1 aliphatic carbocycles. The van der Waals surface area contributed by atoms with E-state index in [-0.39, 0.29) is 12.0 Å². The van der Waals surface area contributed by atoms with Gasteiger partial charge in [0, 0.05) is 5.41 Å². The van der Waals surface area contributed by atoms with Crippen molar-refractivity contribution in [3.05, 3.63) is 29.3 Å². The molecule has 2 heteroatoms. The van der Waals surface area contributed by atoms with Crippen molar-refractivity contribution in [1.82, 2.24) is 0 Å². The zero-order chi connectivity index (χ0) is 10.9. The lowest BCUT2D eigenvalue weighted by Crippen LogP contribution is -2.31. The normalized spacial score (nSPS) is 24.7. The second-order valence-corrected chi connectivity index (χ2v) is 4.60. The van der Waals surface area contributed by atoms with Gasteiger partial charge in [0.25, 0.3) is 0 Å². The highest BCUT2D eigenvalue weighted by atomic mass is 16.5. The highest BCUT2D eigenvalue weighted by molar-refractivity contribution is 5.42. The van der Waals surface area contributed by atoms with Crippen LogP contribution in [0.25, 0.3) is 0 Å². The second-order valence-electron chi connectivity index (χ2n) is 4.60. The van der Waals surface area contributed by atoms with E-state index in [0.29, 0.717) is 0 Å². The topological polar surface area (TPSA) is 29.5 Å². The zero-order valence-corrected chi connectivity index (χ0v) is 9.42. The summed E-state index contributed by atoms with van der Waals surface area (Å²) in [5.74, 6) is 0.885. The molecule has 0 aliphatic heterocycles. The third-order valence-corrected chi connectivity index (χ3v) is 3.49. The fraction of sp³-hybridized carbons (Fsp3) is 0.538. The number of aliphatic hydroxyl groups is 1. The summed E-state index contributed by atoms with van der Waals surface area (Å²) in [6, 6.07) is 6.20. The largest absolute Gasteiger partial charge is 0.497 e. The lowest BCUT2D eigenvalue weighted by atomic mass is 9.72. The van der Waals surface area contributed by atoms with E-state index < -0.39 is 0 Å². The summed E-state index contributed by atoms with van der Waals surface area (Å²) in [7, 11) is 1.68. The molecule has 0 unspecified atom stereocenters. The van der Waals surface area contributed by atoms with Crippen LogP contribution in [0, 0.1) is 0 Å². The van der Waals surface area contributed by atoms with E-state index in [0.717, 1.165) is 25.0 Å². The van der Waals surface area contributed by atoms with Crippen molar-refractivity contribution < 1.29 is 9.84 Å². The zero-order valence-electron chi connectivity index (χ0n) is 9.42. The Hall–Kier alpha value is -1.02. The summed E-state index contributed by atoms with van der Waals surface area (Å²) in [6.07, 6.45) is 3.34. The molecule has 15 heavy (non-hydrogen) atoms. The van der Waals surface area contributed by atoms with Crippen molar-refractivity contribution in [1.29, 1.82) is 0 Å². The molecule has 0 aromatic heterocycles. The van der Waals surface area contributed by atoms with Gasteiger partial charge in [-0.25, -0.2) is 0 Å². The fourth-order valence-electron chi connectivity index (χ4n) is 2.43. The first kappa shape index (κ1) is 10.5. The van der Waals surface area contributed by atoms with Crippen LogP contribution in [0.15, 0.2) is 18.2 Å². The highest BCUT2D eigenvalue weighted by Gasteiger charge is 2.31. The van der Waals surface area contributed by atoms with Gasteiger partial charge in [-0.1, -0.05) is 13.0 Å². The summed E-state index contributed by atoms with van der Waals surface area (Å²) in [6.45, 7) is 2.34. The number of fused-ring (bicyclic) bond motifs is 1. The third kappa shape index (κ3) is 1.74. The van der Waals surface area contributed by atoms with Crippen molar-refractivity contribution in [2.24, 2.45) is 0 Å². The number of aryl methyl sites for hydroxylation is 1. The van der Waals surface area contributed by atoms with E-state index in [1.807, 2.05) is 6.07 Å². The Bertz CT molecular complexity index is 360. The first-order valence-corrected chi connectivity index (χ1v) is 5.48. The molecule has 0 saturated heterocycles. The van der Waals surface area contributed by atoms with Crippen LogP contribution >= 0.6 is 0 Å². The molecule has 1 N–H and O–H groups in total. The van der Waals surface area contributed by atoms with E-state index in [1.54, 1.807) is 7.11 Å². The summed E-state index contributed by atoms with van der Waals surface area (Å²) in [5.41, 5.74) is 2.54. The van der Waals surface area contributed by atoms with Crippen LogP contribution in [-0.2, 0) is 11.8 Å². The number of hydrogen-bond acceptors (Lipinski definition) is 2. The van der Waals surface area contributed by atoms with E-state index in [9.17, 15) is 5.11 Å². The summed E-state index contributed by atoms with van der Waals surface area (Å²) < 4.78 is 5.24. The molecule has 82 valence electrons. The number of methoxy groups -OCH3 is 1. The molecular weight excluding hydrogens is 188 g/mol. The van der Waals surface area contributed by atoms with Crippen molar-refractivity contribution in [2.45, 2.75) is 31.6 Å². The molecule has 0 amide bonds. The molecule has 0 radical (unpaired) electrons. The molecule has 2 rings (SSSR count). The van der Waals surface area contributed by atoms with Crippen LogP contribution in [0.1, 0.15) is 30.9 Å². The van der Waals surface area contributed by atoms with Crippen LogP contribution in [0.4, 0.5) is 0 Å². The molecule has 0 heterocycles. The third-order valence-electron chi connectivity index (χ3n) is 3.49. The maximum Gasteiger partial charge on any atom is 0.119 e. The van der Waals surface area contributed by atoms with Gasteiger partial charge in [-0.3, -0.25) is 0 Å². The minimum absolute atomic E-state index is 0.0812. The van der Waals surface area contributed by atoms with Gasteiger partial charge in [0.05, 0.1) is 13.7 Å². The quantitative estimate of drug-likeness (QED) is 0.804. The van der Waals surface area contributed by atoms with Crippen LogP contribution in [0.5, 0.6) is 5.75 Å².